The second kappa shape index (κ2) is 12.1. The van der Waals surface area contributed by atoms with E-state index in [-0.39, 0.29) is 35.8 Å². The molecule has 5 heterocycles. The number of rotatable bonds is 6. The molecule has 0 aromatic heterocycles. The monoisotopic (exact) mass is 579 g/mol. The van der Waals surface area contributed by atoms with Crippen molar-refractivity contribution in [2.24, 2.45) is 5.92 Å². The summed E-state index contributed by atoms with van der Waals surface area (Å²) in [7, 11) is 0. The molecule has 6 rings (SSSR count). The zero-order valence-electron chi connectivity index (χ0n) is 24.3. The second-order valence-corrected chi connectivity index (χ2v) is 12.2. The fourth-order valence-electron chi connectivity index (χ4n) is 6.98. The molecule has 2 N–H and O–H groups in total. The highest BCUT2D eigenvalue weighted by atomic mass is 16.2. The molecule has 42 heavy (non-hydrogen) atoms. The predicted molar refractivity (Wildman–Crippen MR) is 155 cm³/mol. The summed E-state index contributed by atoms with van der Waals surface area (Å²) in [4.78, 5) is 73.6. The average Bonchev–Trinajstić information content (AvgIpc) is 3.25. The molecule has 0 saturated carbocycles. The van der Waals surface area contributed by atoms with Crippen LogP contribution >= 0.6 is 0 Å². The van der Waals surface area contributed by atoms with Crippen molar-refractivity contribution in [3.05, 3.63) is 29.3 Å². The Hall–Kier alpha value is -3.35. The van der Waals surface area contributed by atoms with Crippen LogP contribution in [0.4, 0.5) is 5.69 Å². The summed E-state index contributed by atoms with van der Waals surface area (Å²) in [5.74, 6) is -1.76. The van der Waals surface area contributed by atoms with Gasteiger partial charge in [0.05, 0.1) is 11.1 Å². The normalized spacial score (nSPS) is 26.5. The van der Waals surface area contributed by atoms with E-state index < -0.39 is 29.7 Å². The van der Waals surface area contributed by atoms with Crippen LogP contribution in [0.25, 0.3) is 0 Å². The number of nitrogens with one attached hydrogen (secondary N) is 2. The Morgan fingerprint density at radius 3 is 2.33 bits per heavy atom. The SMILES string of the molecule is C[C@H]1CNCCN1CCN1CCN(C(=O)C2CCN(c3ccc4c(c3)C(=O)N(C3CCC(=O)NC3=O)C4=O)CC2)CC1. The van der Waals surface area contributed by atoms with E-state index in [0.29, 0.717) is 19.1 Å². The number of hydrogen-bond acceptors (Lipinski definition) is 9. The number of hydrogen-bond donors (Lipinski definition) is 2. The van der Waals surface area contributed by atoms with E-state index >= 15 is 0 Å². The highest BCUT2D eigenvalue weighted by Crippen LogP contribution is 2.32. The quantitative estimate of drug-likeness (QED) is 0.439. The van der Waals surface area contributed by atoms with Crippen molar-refractivity contribution in [3.63, 3.8) is 0 Å². The van der Waals surface area contributed by atoms with E-state index in [1.807, 2.05) is 11.0 Å². The number of anilines is 1. The van der Waals surface area contributed by atoms with E-state index in [4.69, 9.17) is 0 Å². The molecule has 1 unspecified atom stereocenters. The fraction of sp³-hybridized carbons (Fsp3) is 0.633. The summed E-state index contributed by atoms with van der Waals surface area (Å²) in [6, 6.07) is 4.80. The van der Waals surface area contributed by atoms with Crippen LogP contribution in [0.3, 0.4) is 0 Å². The van der Waals surface area contributed by atoms with Crippen molar-refractivity contribution < 1.29 is 24.0 Å². The highest BCUT2D eigenvalue weighted by Gasteiger charge is 2.45. The summed E-state index contributed by atoms with van der Waals surface area (Å²) >= 11 is 0. The standard InChI is InChI=1S/C30H41N7O5/c1-20-19-31-8-11-34(20)15-12-33-13-16-36(17-14-33)28(40)21-6-9-35(10-7-21)22-2-3-23-24(18-22)30(42)37(29(23)41)25-4-5-26(38)32-27(25)39/h2-3,18,20-21,25,31H,4-17,19H2,1H3,(H,32,38,39)/t20-,25?/m0/s1. The van der Waals surface area contributed by atoms with Crippen LogP contribution in [0.15, 0.2) is 18.2 Å². The third kappa shape index (κ3) is 5.67. The first kappa shape index (κ1) is 28.8. The van der Waals surface area contributed by atoms with Gasteiger partial charge < -0.3 is 15.1 Å². The zero-order chi connectivity index (χ0) is 29.4. The Morgan fingerprint density at radius 1 is 0.881 bits per heavy atom. The number of piperazine rings is 2. The number of benzene rings is 1. The molecule has 2 atom stereocenters. The van der Waals surface area contributed by atoms with Crippen LogP contribution in [0.5, 0.6) is 0 Å². The zero-order valence-corrected chi connectivity index (χ0v) is 24.3. The predicted octanol–water partition coefficient (Wildman–Crippen LogP) is -0.258. The van der Waals surface area contributed by atoms with Gasteiger partial charge >= 0.3 is 0 Å². The minimum atomic E-state index is -0.974. The number of imide groups is 2. The van der Waals surface area contributed by atoms with Crippen LogP contribution in [0.1, 0.15) is 53.3 Å². The second-order valence-electron chi connectivity index (χ2n) is 12.2. The molecule has 0 aliphatic carbocycles. The number of carbonyl (C=O) groups is 5. The van der Waals surface area contributed by atoms with Crippen molar-refractivity contribution in [1.82, 2.24) is 30.2 Å². The molecular weight excluding hydrogens is 538 g/mol. The molecule has 0 spiro atoms. The molecule has 4 saturated heterocycles. The van der Waals surface area contributed by atoms with Crippen LogP contribution < -0.4 is 15.5 Å². The lowest BCUT2D eigenvalue weighted by atomic mass is 9.94. The molecule has 5 aliphatic heterocycles. The maximum Gasteiger partial charge on any atom is 0.262 e. The van der Waals surface area contributed by atoms with Crippen molar-refractivity contribution in [2.45, 2.75) is 44.7 Å². The Bertz CT molecular complexity index is 1250. The summed E-state index contributed by atoms with van der Waals surface area (Å²) in [6.45, 7) is 12.4. The maximum absolute atomic E-state index is 13.3. The third-order valence-electron chi connectivity index (χ3n) is 9.66. The van der Waals surface area contributed by atoms with Crippen LogP contribution in [0, 0.1) is 5.92 Å². The van der Waals surface area contributed by atoms with Gasteiger partial charge in [-0.1, -0.05) is 0 Å². The van der Waals surface area contributed by atoms with Gasteiger partial charge in [0.2, 0.25) is 17.7 Å². The lowest BCUT2D eigenvalue weighted by Crippen LogP contribution is -2.55. The third-order valence-corrected chi connectivity index (χ3v) is 9.66. The van der Waals surface area contributed by atoms with Gasteiger partial charge in [-0.2, -0.15) is 0 Å². The number of fused-ring (bicyclic) bond motifs is 1. The highest BCUT2D eigenvalue weighted by molar-refractivity contribution is 6.23. The van der Waals surface area contributed by atoms with E-state index in [1.54, 1.807) is 12.1 Å². The smallest absolute Gasteiger partial charge is 0.262 e. The first-order valence-electron chi connectivity index (χ1n) is 15.4. The largest absolute Gasteiger partial charge is 0.371 e. The van der Waals surface area contributed by atoms with Gasteiger partial charge in [-0.3, -0.25) is 44.0 Å². The number of nitrogens with zero attached hydrogens (tertiary/aromatic N) is 5. The van der Waals surface area contributed by atoms with Gasteiger partial charge in [-0.15, -0.1) is 0 Å². The molecule has 0 bridgehead atoms. The van der Waals surface area contributed by atoms with Gasteiger partial charge in [0.15, 0.2) is 0 Å². The lowest BCUT2D eigenvalue weighted by Gasteiger charge is -2.40. The molecule has 1 aromatic carbocycles. The van der Waals surface area contributed by atoms with Gasteiger partial charge in [0, 0.05) is 96.1 Å². The molecule has 226 valence electrons. The van der Waals surface area contributed by atoms with E-state index in [1.165, 1.54) is 0 Å². The molecule has 0 radical (unpaired) electrons. The lowest BCUT2D eigenvalue weighted by molar-refractivity contribution is -0.138. The van der Waals surface area contributed by atoms with Crippen LogP contribution in [0.2, 0.25) is 0 Å². The molecule has 12 heteroatoms. The summed E-state index contributed by atoms with van der Waals surface area (Å²) < 4.78 is 0. The Kier molecular flexibility index (Phi) is 8.28. The summed E-state index contributed by atoms with van der Waals surface area (Å²) in [5, 5.41) is 5.67. The Morgan fingerprint density at radius 2 is 1.62 bits per heavy atom. The van der Waals surface area contributed by atoms with Gasteiger partial charge in [0.25, 0.3) is 11.8 Å². The molecular formula is C30H41N7O5. The van der Waals surface area contributed by atoms with E-state index in [9.17, 15) is 24.0 Å². The summed E-state index contributed by atoms with van der Waals surface area (Å²) in [6.07, 6.45) is 1.71. The van der Waals surface area contributed by atoms with Gasteiger partial charge in [-0.05, 0) is 44.4 Å². The van der Waals surface area contributed by atoms with Gasteiger partial charge in [0.1, 0.15) is 6.04 Å². The van der Waals surface area contributed by atoms with Crippen molar-refractivity contribution in [3.8, 4) is 0 Å². The minimum Gasteiger partial charge on any atom is -0.371 e. The number of amides is 5. The number of carbonyl (C=O) groups excluding carboxylic acids is 5. The summed E-state index contributed by atoms with van der Waals surface area (Å²) in [5.41, 5.74) is 1.39. The topological polar surface area (TPSA) is 126 Å². The van der Waals surface area contributed by atoms with Crippen molar-refractivity contribution >= 4 is 35.2 Å². The van der Waals surface area contributed by atoms with Crippen molar-refractivity contribution in [1.29, 1.82) is 0 Å². The molecule has 12 nitrogen and oxygen atoms in total. The van der Waals surface area contributed by atoms with E-state index in [2.05, 4.69) is 32.3 Å². The first-order valence-corrected chi connectivity index (χ1v) is 15.4. The molecule has 5 amide bonds. The van der Waals surface area contributed by atoms with Gasteiger partial charge in [-0.25, -0.2) is 0 Å². The molecule has 4 fully saturated rings. The first-order chi connectivity index (χ1) is 20.3. The fourth-order valence-corrected chi connectivity index (χ4v) is 6.98. The minimum absolute atomic E-state index is 0.00449. The number of piperidine rings is 2. The van der Waals surface area contributed by atoms with E-state index in [0.717, 1.165) is 82.3 Å². The Balaban J connectivity index is 0.993. The van der Waals surface area contributed by atoms with Crippen LogP contribution in [-0.2, 0) is 14.4 Å². The average molecular weight is 580 g/mol. The van der Waals surface area contributed by atoms with Crippen molar-refractivity contribution in [2.75, 3.05) is 76.9 Å². The maximum atomic E-state index is 13.3. The Labute approximate surface area is 246 Å². The molecule has 1 aromatic rings. The molecule has 5 aliphatic rings. The van der Waals surface area contributed by atoms with Crippen LogP contribution in [-0.4, -0.2) is 133 Å².